The third-order valence-electron chi connectivity index (χ3n) is 3.56. The largest absolute Gasteiger partial charge is 0.457 e. The van der Waals surface area contributed by atoms with Crippen molar-refractivity contribution in [3.8, 4) is 11.5 Å². The Balaban J connectivity index is 2.35. The van der Waals surface area contributed by atoms with Crippen LogP contribution in [0.5, 0.6) is 11.5 Å². The standard InChI is InChI=1S/C18H22FNO/c1-11(2)15-9-8-14(10-12(15)3)21-17-7-5-6-16(19)18(17)13(4)20/h5-11,13H,20H2,1-4H3/t13-/m1/s1. The molecular formula is C18H22FNO. The first-order valence-corrected chi connectivity index (χ1v) is 7.22. The molecule has 0 aliphatic heterocycles. The lowest BCUT2D eigenvalue weighted by Gasteiger charge is -2.16. The summed E-state index contributed by atoms with van der Waals surface area (Å²) in [7, 11) is 0. The van der Waals surface area contributed by atoms with Gasteiger partial charge in [0, 0.05) is 11.6 Å². The molecule has 0 aromatic heterocycles. The maximum atomic E-state index is 13.9. The molecule has 0 spiro atoms. The van der Waals surface area contributed by atoms with Crippen LogP contribution in [0.25, 0.3) is 0 Å². The molecule has 0 heterocycles. The number of hydrogen-bond acceptors (Lipinski definition) is 2. The van der Waals surface area contributed by atoms with E-state index in [1.54, 1.807) is 19.1 Å². The normalized spacial score (nSPS) is 12.5. The van der Waals surface area contributed by atoms with Gasteiger partial charge in [0.25, 0.3) is 0 Å². The van der Waals surface area contributed by atoms with Gasteiger partial charge in [-0.25, -0.2) is 4.39 Å². The Morgan fingerprint density at radius 3 is 2.38 bits per heavy atom. The Hall–Kier alpha value is -1.87. The average molecular weight is 287 g/mol. The lowest BCUT2D eigenvalue weighted by Crippen LogP contribution is -2.09. The maximum Gasteiger partial charge on any atom is 0.135 e. The van der Waals surface area contributed by atoms with Crippen LogP contribution in [0.15, 0.2) is 36.4 Å². The maximum absolute atomic E-state index is 13.9. The molecule has 2 N–H and O–H groups in total. The van der Waals surface area contributed by atoms with Gasteiger partial charge in [0.05, 0.1) is 0 Å². The zero-order chi connectivity index (χ0) is 15.6. The van der Waals surface area contributed by atoms with E-state index < -0.39 is 6.04 Å². The quantitative estimate of drug-likeness (QED) is 0.852. The topological polar surface area (TPSA) is 35.2 Å². The second-order valence-corrected chi connectivity index (χ2v) is 5.72. The highest BCUT2D eigenvalue weighted by Crippen LogP contribution is 2.32. The first kappa shape index (κ1) is 15.5. The van der Waals surface area contributed by atoms with Gasteiger partial charge in [0.2, 0.25) is 0 Å². The molecule has 0 unspecified atom stereocenters. The smallest absolute Gasteiger partial charge is 0.135 e. The molecule has 0 aliphatic carbocycles. The number of halogens is 1. The summed E-state index contributed by atoms with van der Waals surface area (Å²) >= 11 is 0. The van der Waals surface area contributed by atoms with E-state index >= 15 is 0 Å². The molecule has 1 atom stereocenters. The van der Waals surface area contributed by atoms with Gasteiger partial charge >= 0.3 is 0 Å². The Kier molecular flexibility index (Phi) is 4.63. The number of benzene rings is 2. The van der Waals surface area contributed by atoms with E-state index in [-0.39, 0.29) is 5.82 Å². The van der Waals surface area contributed by atoms with Crippen LogP contribution in [0.3, 0.4) is 0 Å². The predicted molar refractivity (Wildman–Crippen MR) is 84.3 cm³/mol. The summed E-state index contributed by atoms with van der Waals surface area (Å²) in [6.07, 6.45) is 0. The molecule has 0 aliphatic rings. The molecule has 2 aromatic rings. The van der Waals surface area contributed by atoms with Crippen LogP contribution in [-0.4, -0.2) is 0 Å². The minimum absolute atomic E-state index is 0.335. The Morgan fingerprint density at radius 2 is 1.81 bits per heavy atom. The summed E-state index contributed by atoms with van der Waals surface area (Å²) in [5.74, 6) is 1.30. The number of ether oxygens (including phenoxy) is 1. The summed E-state index contributed by atoms with van der Waals surface area (Å²) in [6.45, 7) is 8.12. The van der Waals surface area contributed by atoms with Gasteiger partial charge in [-0.05, 0) is 55.2 Å². The van der Waals surface area contributed by atoms with E-state index in [2.05, 4.69) is 26.8 Å². The summed E-state index contributed by atoms with van der Waals surface area (Å²) in [5, 5.41) is 0. The van der Waals surface area contributed by atoms with Gasteiger partial charge in [-0.2, -0.15) is 0 Å². The second kappa shape index (κ2) is 6.27. The van der Waals surface area contributed by atoms with Crippen molar-refractivity contribution in [2.75, 3.05) is 0 Å². The van der Waals surface area contributed by atoms with Crippen LogP contribution in [0.2, 0.25) is 0 Å². The third-order valence-corrected chi connectivity index (χ3v) is 3.56. The molecule has 0 fully saturated rings. The highest BCUT2D eigenvalue weighted by atomic mass is 19.1. The van der Waals surface area contributed by atoms with Crippen molar-refractivity contribution in [2.24, 2.45) is 5.73 Å². The highest BCUT2D eigenvalue weighted by Gasteiger charge is 2.14. The SMILES string of the molecule is Cc1cc(Oc2cccc(F)c2[C@@H](C)N)ccc1C(C)C. The number of hydrogen-bond donors (Lipinski definition) is 1. The van der Waals surface area contributed by atoms with Gasteiger partial charge in [0.15, 0.2) is 0 Å². The molecule has 0 saturated heterocycles. The molecule has 0 saturated carbocycles. The van der Waals surface area contributed by atoms with Crippen molar-refractivity contribution < 1.29 is 9.13 Å². The van der Waals surface area contributed by atoms with Gasteiger partial charge in [0.1, 0.15) is 17.3 Å². The van der Waals surface area contributed by atoms with Crippen molar-refractivity contribution in [3.63, 3.8) is 0 Å². The Labute approximate surface area is 125 Å². The predicted octanol–water partition coefficient (Wildman–Crippen LogP) is 5.07. The minimum Gasteiger partial charge on any atom is -0.457 e. The molecule has 0 bridgehead atoms. The molecule has 0 amide bonds. The van der Waals surface area contributed by atoms with Crippen molar-refractivity contribution in [1.29, 1.82) is 0 Å². The van der Waals surface area contributed by atoms with Crippen molar-refractivity contribution >= 4 is 0 Å². The third kappa shape index (κ3) is 3.42. The minimum atomic E-state index is -0.419. The monoisotopic (exact) mass is 287 g/mol. The summed E-state index contributed by atoms with van der Waals surface area (Å²) in [5.41, 5.74) is 8.70. The van der Waals surface area contributed by atoms with Gasteiger partial charge < -0.3 is 10.5 Å². The lowest BCUT2D eigenvalue weighted by molar-refractivity contribution is 0.460. The van der Waals surface area contributed by atoms with Gasteiger partial charge in [-0.1, -0.05) is 26.0 Å². The zero-order valence-electron chi connectivity index (χ0n) is 13.0. The van der Waals surface area contributed by atoms with Crippen LogP contribution >= 0.6 is 0 Å². The van der Waals surface area contributed by atoms with E-state index in [0.29, 0.717) is 23.0 Å². The molecule has 2 rings (SSSR count). The Bertz CT molecular complexity index is 635. The molecule has 21 heavy (non-hydrogen) atoms. The van der Waals surface area contributed by atoms with Crippen LogP contribution < -0.4 is 10.5 Å². The summed E-state index contributed by atoms with van der Waals surface area (Å²) in [6, 6.07) is 10.3. The Morgan fingerprint density at radius 1 is 1.10 bits per heavy atom. The van der Waals surface area contributed by atoms with E-state index in [1.165, 1.54) is 17.2 Å². The van der Waals surface area contributed by atoms with Gasteiger partial charge in [-0.3, -0.25) is 0 Å². The fourth-order valence-corrected chi connectivity index (χ4v) is 2.53. The molecule has 3 heteroatoms. The van der Waals surface area contributed by atoms with Crippen LogP contribution in [0, 0.1) is 12.7 Å². The molecule has 112 valence electrons. The lowest BCUT2D eigenvalue weighted by atomic mass is 9.98. The first-order chi connectivity index (χ1) is 9.90. The molecule has 2 aromatic carbocycles. The average Bonchev–Trinajstić information content (AvgIpc) is 2.37. The van der Waals surface area contributed by atoms with Crippen LogP contribution in [-0.2, 0) is 0 Å². The fraction of sp³-hybridized carbons (Fsp3) is 0.333. The molecule has 0 radical (unpaired) electrons. The summed E-state index contributed by atoms with van der Waals surface area (Å²) in [4.78, 5) is 0. The number of nitrogens with two attached hydrogens (primary N) is 1. The van der Waals surface area contributed by atoms with E-state index in [1.807, 2.05) is 12.1 Å². The van der Waals surface area contributed by atoms with E-state index in [0.717, 1.165) is 0 Å². The van der Waals surface area contributed by atoms with Crippen molar-refractivity contribution in [2.45, 2.75) is 39.7 Å². The number of aryl methyl sites for hydroxylation is 1. The summed E-state index contributed by atoms with van der Waals surface area (Å²) < 4.78 is 19.7. The second-order valence-electron chi connectivity index (χ2n) is 5.72. The van der Waals surface area contributed by atoms with Crippen molar-refractivity contribution in [3.05, 3.63) is 58.9 Å². The fourth-order valence-electron chi connectivity index (χ4n) is 2.53. The van der Waals surface area contributed by atoms with Crippen LogP contribution in [0.1, 0.15) is 49.4 Å². The van der Waals surface area contributed by atoms with Gasteiger partial charge in [-0.15, -0.1) is 0 Å². The first-order valence-electron chi connectivity index (χ1n) is 7.22. The highest BCUT2D eigenvalue weighted by molar-refractivity contribution is 5.43. The van der Waals surface area contributed by atoms with E-state index in [4.69, 9.17) is 10.5 Å². The van der Waals surface area contributed by atoms with Crippen LogP contribution in [0.4, 0.5) is 4.39 Å². The molecule has 2 nitrogen and oxygen atoms in total. The number of rotatable bonds is 4. The molecular weight excluding hydrogens is 265 g/mol. The van der Waals surface area contributed by atoms with Crippen molar-refractivity contribution in [1.82, 2.24) is 0 Å². The zero-order valence-corrected chi connectivity index (χ0v) is 13.0. The van der Waals surface area contributed by atoms with E-state index in [9.17, 15) is 4.39 Å².